The Morgan fingerprint density at radius 1 is 1.44 bits per heavy atom. The van der Waals surface area contributed by atoms with Crippen LogP contribution < -0.4 is 10.6 Å². The van der Waals surface area contributed by atoms with E-state index in [4.69, 9.17) is 23.2 Å². The van der Waals surface area contributed by atoms with Gasteiger partial charge >= 0.3 is 0 Å². The maximum absolute atomic E-state index is 12.0. The molecular formula is C13H16Cl2N2O. The van der Waals surface area contributed by atoms with Crippen molar-refractivity contribution in [3.63, 3.8) is 0 Å². The number of carbonyl (C=O) groups is 1. The van der Waals surface area contributed by atoms with Gasteiger partial charge in [-0.2, -0.15) is 0 Å². The first-order valence-electron chi connectivity index (χ1n) is 6.01. The summed E-state index contributed by atoms with van der Waals surface area (Å²) in [5.41, 5.74) is 0.883. The molecule has 1 aromatic carbocycles. The summed E-state index contributed by atoms with van der Waals surface area (Å²) < 4.78 is 0. The van der Waals surface area contributed by atoms with E-state index in [9.17, 15) is 4.79 Å². The average molecular weight is 287 g/mol. The average Bonchev–Trinajstić information content (AvgIpc) is 2.29. The predicted octanol–water partition coefficient (Wildman–Crippen LogP) is 2.43. The highest BCUT2D eigenvalue weighted by Gasteiger charge is 2.20. The fraction of sp³-hybridized carbons (Fsp3) is 0.462. The zero-order valence-corrected chi connectivity index (χ0v) is 11.7. The number of hydrogen-bond acceptors (Lipinski definition) is 2. The third-order valence-electron chi connectivity index (χ3n) is 3.27. The molecule has 1 heterocycles. The number of rotatable bonds is 4. The summed E-state index contributed by atoms with van der Waals surface area (Å²) in [7, 11) is 0. The zero-order chi connectivity index (χ0) is 13.1. The fourth-order valence-corrected chi connectivity index (χ4v) is 2.13. The van der Waals surface area contributed by atoms with Gasteiger partial charge < -0.3 is 10.6 Å². The SMILES string of the molecule is CC(C(=O)NCC1CNC1)c1ccc(Cl)c(Cl)c1. The molecule has 0 spiro atoms. The molecule has 0 aliphatic carbocycles. The molecule has 1 unspecified atom stereocenters. The van der Waals surface area contributed by atoms with E-state index < -0.39 is 0 Å². The monoisotopic (exact) mass is 286 g/mol. The highest BCUT2D eigenvalue weighted by Crippen LogP contribution is 2.26. The lowest BCUT2D eigenvalue weighted by Gasteiger charge is -2.27. The fourth-order valence-electron chi connectivity index (χ4n) is 1.82. The van der Waals surface area contributed by atoms with Gasteiger partial charge in [0, 0.05) is 25.6 Å². The normalized spacial score (nSPS) is 17.1. The minimum atomic E-state index is -0.215. The van der Waals surface area contributed by atoms with Gasteiger partial charge in [-0.3, -0.25) is 4.79 Å². The van der Waals surface area contributed by atoms with Crippen LogP contribution in [0.15, 0.2) is 18.2 Å². The van der Waals surface area contributed by atoms with Gasteiger partial charge in [-0.1, -0.05) is 29.3 Å². The van der Waals surface area contributed by atoms with Crippen molar-refractivity contribution in [1.29, 1.82) is 0 Å². The smallest absolute Gasteiger partial charge is 0.227 e. The van der Waals surface area contributed by atoms with E-state index in [0.29, 0.717) is 16.0 Å². The summed E-state index contributed by atoms with van der Waals surface area (Å²) in [5, 5.41) is 7.13. The second-order valence-electron chi connectivity index (χ2n) is 4.66. The van der Waals surface area contributed by atoms with Crippen LogP contribution in [0.5, 0.6) is 0 Å². The van der Waals surface area contributed by atoms with Gasteiger partial charge in [0.05, 0.1) is 16.0 Å². The van der Waals surface area contributed by atoms with Crippen molar-refractivity contribution >= 4 is 29.1 Å². The lowest BCUT2D eigenvalue weighted by atomic mass is 9.99. The molecule has 1 aliphatic heterocycles. The third-order valence-corrected chi connectivity index (χ3v) is 4.01. The highest BCUT2D eigenvalue weighted by atomic mass is 35.5. The molecular weight excluding hydrogens is 271 g/mol. The highest BCUT2D eigenvalue weighted by molar-refractivity contribution is 6.42. The van der Waals surface area contributed by atoms with E-state index in [1.54, 1.807) is 12.1 Å². The lowest BCUT2D eigenvalue weighted by Crippen LogP contribution is -2.48. The number of benzene rings is 1. The topological polar surface area (TPSA) is 41.1 Å². The molecule has 0 bridgehead atoms. The number of hydrogen-bond donors (Lipinski definition) is 2. The van der Waals surface area contributed by atoms with Crippen molar-refractivity contribution in [2.24, 2.45) is 5.92 Å². The first kappa shape index (κ1) is 13.7. The van der Waals surface area contributed by atoms with Crippen LogP contribution in [0, 0.1) is 5.92 Å². The second-order valence-corrected chi connectivity index (χ2v) is 5.48. The van der Waals surface area contributed by atoms with Gasteiger partial charge in [-0.05, 0) is 24.6 Å². The molecule has 98 valence electrons. The molecule has 2 rings (SSSR count). The standard InChI is InChI=1S/C13H16Cl2N2O/c1-8(10-2-3-11(14)12(15)4-10)13(18)17-7-9-5-16-6-9/h2-4,8-9,16H,5-7H2,1H3,(H,17,18). The van der Waals surface area contributed by atoms with Gasteiger partial charge in [-0.15, -0.1) is 0 Å². The van der Waals surface area contributed by atoms with Crippen molar-refractivity contribution in [1.82, 2.24) is 10.6 Å². The lowest BCUT2D eigenvalue weighted by molar-refractivity contribution is -0.122. The summed E-state index contributed by atoms with van der Waals surface area (Å²) in [5.74, 6) is 0.378. The minimum Gasteiger partial charge on any atom is -0.355 e. The molecule has 1 saturated heterocycles. The summed E-state index contributed by atoms with van der Waals surface area (Å²) in [4.78, 5) is 12.0. The molecule has 1 atom stereocenters. The Morgan fingerprint density at radius 3 is 2.72 bits per heavy atom. The van der Waals surface area contributed by atoms with Gasteiger partial charge in [0.1, 0.15) is 0 Å². The molecule has 1 aromatic rings. The second kappa shape index (κ2) is 5.91. The molecule has 0 aromatic heterocycles. The number of amides is 1. The Balaban J connectivity index is 1.93. The van der Waals surface area contributed by atoms with E-state index >= 15 is 0 Å². The minimum absolute atomic E-state index is 0.0280. The van der Waals surface area contributed by atoms with Crippen molar-refractivity contribution in [3.8, 4) is 0 Å². The zero-order valence-electron chi connectivity index (χ0n) is 10.2. The summed E-state index contributed by atoms with van der Waals surface area (Å²) in [6.45, 7) is 4.58. The molecule has 1 fully saturated rings. The van der Waals surface area contributed by atoms with Crippen molar-refractivity contribution < 1.29 is 4.79 Å². The Morgan fingerprint density at radius 2 is 2.17 bits per heavy atom. The largest absolute Gasteiger partial charge is 0.355 e. The van der Waals surface area contributed by atoms with E-state index in [1.807, 2.05) is 13.0 Å². The molecule has 5 heteroatoms. The Labute approximate surface area is 117 Å². The van der Waals surface area contributed by atoms with Gasteiger partial charge in [0.15, 0.2) is 0 Å². The van der Waals surface area contributed by atoms with E-state index in [2.05, 4.69) is 10.6 Å². The Hall–Kier alpha value is -0.770. The molecule has 1 aliphatic rings. The Kier molecular flexibility index (Phi) is 4.49. The van der Waals surface area contributed by atoms with Crippen LogP contribution in [0.25, 0.3) is 0 Å². The summed E-state index contributed by atoms with van der Waals surface area (Å²) >= 11 is 11.8. The van der Waals surface area contributed by atoms with Crippen LogP contribution in [-0.4, -0.2) is 25.5 Å². The molecule has 1 amide bonds. The number of carbonyl (C=O) groups excluding carboxylic acids is 1. The van der Waals surface area contributed by atoms with Crippen LogP contribution in [0.1, 0.15) is 18.4 Å². The van der Waals surface area contributed by atoms with Crippen molar-refractivity contribution in [2.45, 2.75) is 12.8 Å². The number of halogens is 2. The predicted molar refractivity (Wildman–Crippen MR) is 74.2 cm³/mol. The van der Waals surface area contributed by atoms with Crippen LogP contribution >= 0.6 is 23.2 Å². The summed E-state index contributed by atoms with van der Waals surface area (Å²) in [6.07, 6.45) is 0. The Bertz CT molecular complexity index is 447. The molecule has 3 nitrogen and oxygen atoms in total. The van der Waals surface area contributed by atoms with Crippen molar-refractivity contribution in [3.05, 3.63) is 33.8 Å². The molecule has 2 N–H and O–H groups in total. The van der Waals surface area contributed by atoms with Gasteiger partial charge in [0.25, 0.3) is 0 Å². The molecule has 0 radical (unpaired) electrons. The number of nitrogens with one attached hydrogen (secondary N) is 2. The van der Waals surface area contributed by atoms with Gasteiger partial charge in [0.2, 0.25) is 5.91 Å². The maximum atomic E-state index is 12.0. The molecule has 0 saturated carbocycles. The first-order chi connectivity index (χ1) is 8.58. The van der Waals surface area contributed by atoms with Crippen molar-refractivity contribution in [2.75, 3.05) is 19.6 Å². The molecule has 18 heavy (non-hydrogen) atoms. The summed E-state index contributed by atoms with van der Waals surface area (Å²) in [6, 6.07) is 5.31. The van der Waals surface area contributed by atoms with Crippen LogP contribution in [-0.2, 0) is 4.79 Å². The van der Waals surface area contributed by atoms with E-state index in [0.717, 1.165) is 25.2 Å². The van der Waals surface area contributed by atoms with E-state index in [-0.39, 0.29) is 11.8 Å². The van der Waals surface area contributed by atoms with Crippen LogP contribution in [0.3, 0.4) is 0 Å². The quantitative estimate of drug-likeness (QED) is 0.893. The third kappa shape index (κ3) is 3.16. The maximum Gasteiger partial charge on any atom is 0.227 e. The van der Waals surface area contributed by atoms with Crippen LogP contribution in [0.4, 0.5) is 0 Å². The van der Waals surface area contributed by atoms with E-state index in [1.165, 1.54) is 0 Å². The van der Waals surface area contributed by atoms with Crippen LogP contribution in [0.2, 0.25) is 10.0 Å². The first-order valence-corrected chi connectivity index (χ1v) is 6.77. The van der Waals surface area contributed by atoms with Gasteiger partial charge in [-0.25, -0.2) is 0 Å².